The van der Waals surface area contributed by atoms with E-state index in [1.807, 2.05) is 67.6 Å². The second kappa shape index (κ2) is 10.1. The van der Waals surface area contributed by atoms with Crippen LogP contribution in [-0.2, 0) is 13.0 Å². The van der Waals surface area contributed by atoms with Crippen molar-refractivity contribution in [3.8, 4) is 11.5 Å². The fourth-order valence-electron chi connectivity index (χ4n) is 4.64. The zero-order valence-electron chi connectivity index (χ0n) is 20.3. The minimum Gasteiger partial charge on any atom is -0.497 e. The maximum Gasteiger partial charge on any atom is 0.415 e. The van der Waals surface area contributed by atoms with Gasteiger partial charge < -0.3 is 14.4 Å². The molecule has 1 amide bonds. The van der Waals surface area contributed by atoms with Gasteiger partial charge in [0.05, 0.1) is 31.0 Å². The quantitative estimate of drug-likeness (QED) is 0.411. The fraction of sp³-hybridized carbons (Fsp3) is 0.207. The summed E-state index contributed by atoms with van der Waals surface area (Å²) in [5.41, 5.74) is 3.10. The zero-order chi connectivity index (χ0) is 25.1. The smallest absolute Gasteiger partial charge is 0.415 e. The molecule has 1 aromatic heterocycles. The lowest BCUT2D eigenvalue weighted by Crippen LogP contribution is -2.43. The number of nitrogens with zero attached hydrogens (tertiary/aromatic N) is 3. The molecule has 5 rings (SSSR count). The number of benzene rings is 3. The van der Waals surface area contributed by atoms with Crippen molar-refractivity contribution >= 4 is 6.09 Å². The maximum atomic E-state index is 13.9. The van der Waals surface area contributed by atoms with E-state index in [0.717, 1.165) is 16.8 Å². The second-order valence-corrected chi connectivity index (χ2v) is 8.70. The highest BCUT2D eigenvalue weighted by molar-refractivity contribution is 5.71. The van der Waals surface area contributed by atoms with Gasteiger partial charge in [0.2, 0.25) is 0 Å². The molecule has 0 fully saturated rings. The van der Waals surface area contributed by atoms with Crippen molar-refractivity contribution in [2.24, 2.45) is 0 Å². The summed E-state index contributed by atoms with van der Waals surface area (Å²) in [5.74, 6) is 1.74. The molecule has 0 atom stereocenters. The Hall–Kier alpha value is -4.39. The van der Waals surface area contributed by atoms with Gasteiger partial charge in [-0.25, -0.2) is 9.78 Å². The van der Waals surface area contributed by atoms with E-state index in [2.05, 4.69) is 0 Å². The zero-order valence-corrected chi connectivity index (χ0v) is 20.3. The molecular weight excluding hydrogens is 454 g/mol. The molecule has 7 nitrogen and oxygen atoms in total. The Balaban J connectivity index is 1.49. The SMILES string of the molecule is COc1ccc(OC(=O)N2CCc3nc(C)n(C(c4ccccc4)c4ccccc4)c(=O)c3C2)cc1. The van der Waals surface area contributed by atoms with Crippen LogP contribution in [0.4, 0.5) is 4.79 Å². The van der Waals surface area contributed by atoms with E-state index in [1.165, 1.54) is 0 Å². The van der Waals surface area contributed by atoms with E-state index < -0.39 is 6.09 Å². The first-order valence-electron chi connectivity index (χ1n) is 11.9. The predicted molar refractivity (Wildman–Crippen MR) is 136 cm³/mol. The summed E-state index contributed by atoms with van der Waals surface area (Å²) < 4.78 is 12.4. The average Bonchev–Trinajstić information content (AvgIpc) is 2.92. The van der Waals surface area contributed by atoms with E-state index >= 15 is 0 Å². The third-order valence-corrected chi connectivity index (χ3v) is 6.45. The molecular formula is C29H27N3O4. The van der Waals surface area contributed by atoms with Gasteiger partial charge in [-0.05, 0) is 42.3 Å². The first-order valence-corrected chi connectivity index (χ1v) is 11.9. The molecule has 1 aliphatic heterocycles. The number of aryl methyl sites for hydroxylation is 1. The lowest BCUT2D eigenvalue weighted by Gasteiger charge is -2.30. The van der Waals surface area contributed by atoms with E-state index in [0.29, 0.717) is 35.9 Å². The van der Waals surface area contributed by atoms with Gasteiger partial charge in [-0.15, -0.1) is 0 Å². The summed E-state index contributed by atoms with van der Waals surface area (Å²) in [7, 11) is 1.58. The largest absolute Gasteiger partial charge is 0.497 e. The molecule has 0 unspecified atom stereocenters. The highest BCUT2D eigenvalue weighted by atomic mass is 16.6. The van der Waals surface area contributed by atoms with Crippen LogP contribution in [-0.4, -0.2) is 34.2 Å². The van der Waals surface area contributed by atoms with Gasteiger partial charge in [0, 0.05) is 13.0 Å². The molecule has 3 aromatic carbocycles. The summed E-state index contributed by atoms with van der Waals surface area (Å²) in [6.07, 6.45) is -0.00861. The standard InChI is InChI=1S/C29H27N3O4/c1-20-30-26-17-18-31(29(34)36-24-15-13-23(35-2)14-16-24)19-25(26)28(33)32(20)27(21-9-5-3-6-10-21)22-11-7-4-8-12-22/h3-16,27H,17-19H2,1-2H3. The summed E-state index contributed by atoms with van der Waals surface area (Å²) in [4.78, 5) is 33.2. The van der Waals surface area contributed by atoms with E-state index in [1.54, 1.807) is 40.8 Å². The normalized spacial score (nSPS) is 12.8. The molecule has 7 heteroatoms. The molecule has 0 N–H and O–H groups in total. The first-order chi connectivity index (χ1) is 17.5. The molecule has 0 spiro atoms. The van der Waals surface area contributed by atoms with Crippen LogP contribution in [0.3, 0.4) is 0 Å². The van der Waals surface area contributed by atoms with Crippen molar-refractivity contribution in [1.29, 1.82) is 0 Å². The third kappa shape index (κ3) is 4.60. The summed E-state index contributed by atoms with van der Waals surface area (Å²) >= 11 is 0. The van der Waals surface area contributed by atoms with E-state index in [9.17, 15) is 9.59 Å². The summed E-state index contributed by atoms with van der Waals surface area (Å²) in [6, 6.07) is 26.3. The van der Waals surface area contributed by atoms with Gasteiger partial charge in [0.15, 0.2) is 0 Å². The molecule has 0 saturated carbocycles. The maximum absolute atomic E-state index is 13.9. The highest BCUT2D eigenvalue weighted by Crippen LogP contribution is 2.28. The monoisotopic (exact) mass is 481 g/mol. The van der Waals surface area contributed by atoms with Crippen molar-refractivity contribution in [3.63, 3.8) is 0 Å². The number of hydrogen-bond acceptors (Lipinski definition) is 5. The number of amides is 1. The van der Waals surface area contributed by atoms with Gasteiger partial charge >= 0.3 is 6.09 Å². The Morgan fingerprint density at radius 2 is 1.47 bits per heavy atom. The van der Waals surface area contributed by atoms with Crippen molar-refractivity contribution in [3.05, 3.63) is 123 Å². The van der Waals surface area contributed by atoms with Gasteiger partial charge in [-0.1, -0.05) is 60.7 Å². The van der Waals surface area contributed by atoms with Crippen LogP contribution in [0.25, 0.3) is 0 Å². The lowest BCUT2D eigenvalue weighted by molar-refractivity contribution is 0.146. The molecule has 0 saturated heterocycles. The van der Waals surface area contributed by atoms with Gasteiger partial charge in [-0.3, -0.25) is 9.36 Å². The lowest BCUT2D eigenvalue weighted by atomic mass is 9.97. The van der Waals surface area contributed by atoms with Crippen LogP contribution in [0, 0.1) is 6.92 Å². The minimum atomic E-state index is -0.500. The first kappa shape index (κ1) is 23.4. The van der Waals surface area contributed by atoms with Gasteiger partial charge in [0.25, 0.3) is 5.56 Å². The van der Waals surface area contributed by atoms with Crippen molar-refractivity contribution < 1.29 is 14.3 Å². The molecule has 36 heavy (non-hydrogen) atoms. The molecule has 4 aromatic rings. The number of carbonyl (C=O) groups is 1. The number of methoxy groups -OCH3 is 1. The van der Waals surface area contributed by atoms with Gasteiger partial charge in [-0.2, -0.15) is 0 Å². The Labute approximate surface area is 209 Å². The molecule has 0 radical (unpaired) electrons. The van der Waals surface area contributed by atoms with Gasteiger partial charge in [0.1, 0.15) is 17.3 Å². The highest BCUT2D eigenvalue weighted by Gasteiger charge is 2.29. The van der Waals surface area contributed by atoms with Crippen molar-refractivity contribution in [2.75, 3.05) is 13.7 Å². The van der Waals surface area contributed by atoms with Crippen molar-refractivity contribution in [1.82, 2.24) is 14.5 Å². The topological polar surface area (TPSA) is 73.7 Å². The van der Waals surface area contributed by atoms with Crippen LogP contribution in [0.15, 0.2) is 89.7 Å². The number of hydrogen-bond donors (Lipinski definition) is 0. The number of aromatic nitrogens is 2. The average molecular weight is 482 g/mol. The third-order valence-electron chi connectivity index (χ3n) is 6.45. The summed E-state index contributed by atoms with van der Waals surface area (Å²) in [6.45, 7) is 2.44. The molecule has 0 bridgehead atoms. The van der Waals surface area contributed by atoms with Crippen LogP contribution in [0.2, 0.25) is 0 Å². The Bertz CT molecular complexity index is 1380. The molecule has 2 heterocycles. The second-order valence-electron chi connectivity index (χ2n) is 8.70. The van der Waals surface area contributed by atoms with Crippen LogP contribution in [0.1, 0.15) is 34.3 Å². The van der Waals surface area contributed by atoms with Crippen LogP contribution >= 0.6 is 0 Å². The fourth-order valence-corrected chi connectivity index (χ4v) is 4.64. The number of carbonyl (C=O) groups excluding carboxylic acids is 1. The van der Waals surface area contributed by atoms with Crippen LogP contribution < -0.4 is 15.0 Å². The van der Waals surface area contributed by atoms with E-state index in [-0.39, 0.29) is 18.1 Å². The Morgan fingerprint density at radius 1 is 0.889 bits per heavy atom. The Kier molecular flexibility index (Phi) is 6.54. The summed E-state index contributed by atoms with van der Waals surface area (Å²) in [5, 5.41) is 0. The Morgan fingerprint density at radius 3 is 2.06 bits per heavy atom. The van der Waals surface area contributed by atoms with Crippen molar-refractivity contribution in [2.45, 2.75) is 25.9 Å². The van der Waals surface area contributed by atoms with Crippen LogP contribution in [0.5, 0.6) is 11.5 Å². The molecule has 1 aliphatic rings. The molecule has 182 valence electrons. The number of rotatable bonds is 5. The molecule has 0 aliphatic carbocycles. The predicted octanol–water partition coefficient (Wildman–Crippen LogP) is 4.76. The number of fused-ring (bicyclic) bond motifs is 1. The van der Waals surface area contributed by atoms with E-state index in [4.69, 9.17) is 14.5 Å². The number of ether oxygens (including phenoxy) is 2. The minimum absolute atomic E-state index is 0.142.